The molecule has 26 heavy (non-hydrogen) atoms. The Bertz CT molecular complexity index is 851. The van der Waals surface area contributed by atoms with Gasteiger partial charge in [0.05, 0.1) is 0 Å². The van der Waals surface area contributed by atoms with E-state index in [1.54, 1.807) is 16.7 Å². The van der Waals surface area contributed by atoms with Gasteiger partial charge < -0.3 is 0 Å². The van der Waals surface area contributed by atoms with Gasteiger partial charge in [0.2, 0.25) is 0 Å². The van der Waals surface area contributed by atoms with E-state index in [0.29, 0.717) is 12.1 Å². The number of benzene rings is 1. The van der Waals surface area contributed by atoms with Gasteiger partial charge in [-0.1, -0.05) is 25.5 Å². The van der Waals surface area contributed by atoms with E-state index < -0.39 is 11.8 Å². The maximum atomic E-state index is 12.3. The zero-order valence-corrected chi connectivity index (χ0v) is 14.8. The summed E-state index contributed by atoms with van der Waals surface area (Å²) >= 11 is 0. The third-order valence-electron chi connectivity index (χ3n) is 4.51. The van der Waals surface area contributed by atoms with Crippen LogP contribution in [0.1, 0.15) is 47.9 Å². The number of aromatic nitrogens is 3. The molecule has 0 radical (unpaired) electrons. The van der Waals surface area contributed by atoms with Crippen molar-refractivity contribution in [2.75, 3.05) is 0 Å². The Morgan fingerprint density at radius 3 is 2.62 bits per heavy atom. The molecule has 0 aliphatic carbocycles. The zero-order chi connectivity index (χ0) is 18.5. The van der Waals surface area contributed by atoms with Gasteiger partial charge in [-0.3, -0.25) is 25.0 Å². The van der Waals surface area contributed by atoms with E-state index >= 15 is 0 Å². The van der Waals surface area contributed by atoms with Crippen LogP contribution in [0.4, 0.5) is 0 Å². The molecule has 1 aliphatic rings. The molecule has 8 heteroatoms. The Balaban J connectivity index is 1.57. The molecule has 3 rings (SSSR count). The summed E-state index contributed by atoms with van der Waals surface area (Å²) in [4.78, 5) is 36.4. The average Bonchev–Trinajstić information content (AvgIpc) is 2.82. The van der Waals surface area contributed by atoms with Gasteiger partial charge in [0, 0.05) is 18.5 Å². The minimum atomic E-state index is -0.501. The summed E-state index contributed by atoms with van der Waals surface area (Å²) in [5.74, 6) is -0.187. The van der Waals surface area contributed by atoms with Crippen LogP contribution in [0.25, 0.3) is 0 Å². The Labute approximate surface area is 151 Å². The second-order valence-corrected chi connectivity index (χ2v) is 6.37. The number of rotatable bonds is 4. The molecule has 0 saturated carbocycles. The fourth-order valence-corrected chi connectivity index (χ4v) is 2.99. The molecule has 138 valence electrons. The van der Waals surface area contributed by atoms with Gasteiger partial charge in [0.25, 0.3) is 11.8 Å². The first kappa shape index (κ1) is 17.9. The summed E-state index contributed by atoms with van der Waals surface area (Å²) in [5, 5.41) is 4.25. The number of hydrazine groups is 1. The van der Waals surface area contributed by atoms with E-state index in [2.05, 4.69) is 16.0 Å². The number of aryl methyl sites for hydroxylation is 2. The lowest BCUT2D eigenvalue weighted by atomic mass is 10.1. The molecule has 1 aromatic carbocycles. The van der Waals surface area contributed by atoms with Crippen LogP contribution in [0.15, 0.2) is 29.1 Å². The van der Waals surface area contributed by atoms with E-state index in [1.807, 2.05) is 19.1 Å². The summed E-state index contributed by atoms with van der Waals surface area (Å²) in [6, 6.07) is 7.15. The van der Waals surface area contributed by atoms with Gasteiger partial charge in [-0.25, -0.2) is 9.48 Å². The summed E-state index contributed by atoms with van der Waals surface area (Å²) < 4.78 is 2.78. The molecule has 0 atom stereocenters. The number of fused-ring (bicyclic) bond motifs is 1. The molecule has 0 fully saturated rings. The number of hydrogen-bond donors (Lipinski definition) is 2. The smallest absolute Gasteiger partial charge is 0.279 e. The van der Waals surface area contributed by atoms with Crippen LogP contribution in [0.3, 0.4) is 0 Å². The number of nitrogens with zero attached hydrogens (tertiary/aromatic N) is 3. The normalized spacial score (nSPS) is 13.6. The lowest BCUT2D eigenvalue weighted by Crippen LogP contribution is -2.44. The highest BCUT2D eigenvalue weighted by Gasteiger charge is 2.17. The summed E-state index contributed by atoms with van der Waals surface area (Å²) in [7, 11) is 0. The van der Waals surface area contributed by atoms with Crippen LogP contribution in [0.2, 0.25) is 0 Å². The van der Waals surface area contributed by atoms with E-state index in [0.717, 1.165) is 48.2 Å². The van der Waals surface area contributed by atoms with E-state index in [-0.39, 0.29) is 12.2 Å². The van der Waals surface area contributed by atoms with Gasteiger partial charge in [0.15, 0.2) is 0 Å². The Hall–Kier alpha value is -2.90. The van der Waals surface area contributed by atoms with E-state index in [1.165, 1.54) is 0 Å². The van der Waals surface area contributed by atoms with Crippen molar-refractivity contribution >= 4 is 11.8 Å². The standard InChI is InChI=1S/C18H23N5O3/c1-2-13-7-9-14(10-8-13)17(25)20-19-16(24)12-23-18(26)22-11-5-3-4-6-15(22)21-23/h7-10H,2-6,11-12H2,1H3,(H,19,24)(H,20,25). The van der Waals surface area contributed by atoms with E-state index in [9.17, 15) is 14.4 Å². The van der Waals surface area contributed by atoms with Crippen LogP contribution in [0.5, 0.6) is 0 Å². The van der Waals surface area contributed by atoms with Gasteiger partial charge in [0.1, 0.15) is 12.4 Å². The van der Waals surface area contributed by atoms with Crippen molar-refractivity contribution in [1.82, 2.24) is 25.2 Å². The minimum Gasteiger partial charge on any atom is -0.279 e. The fourth-order valence-electron chi connectivity index (χ4n) is 2.99. The molecule has 1 aromatic heterocycles. The number of hydrogen-bond acceptors (Lipinski definition) is 4. The predicted molar refractivity (Wildman–Crippen MR) is 95.5 cm³/mol. The maximum Gasteiger partial charge on any atom is 0.346 e. The molecule has 0 unspecified atom stereocenters. The molecule has 2 aromatic rings. The Morgan fingerprint density at radius 1 is 1.12 bits per heavy atom. The second kappa shape index (κ2) is 7.99. The van der Waals surface area contributed by atoms with Crippen molar-refractivity contribution in [3.63, 3.8) is 0 Å². The van der Waals surface area contributed by atoms with Crippen molar-refractivity contribution in [2.24, 2.45) is 0 Å². The molecule has 8 nitrogen and oxygen atoms in total. The molecule has 2 N–H and O–H groups in total. The predicted octanol–water partition coefficient (Wildman–Crippen LogP) is 0.795. The Kier molecular flexibility index (Phi) is 5.50. The van der Waals surface area contributed by atoms with Crippen LogP contribution < -0.4 is 16.5 Å². The highest BCUT2D eigenvalue weighted by molar-refractivity contribution is 5.95. The lowest BCUT2D eigenvalue weighted by molar-refractivity contribution is -0.122. The first-order chi connectivity index (χ1) is 12.6. The van der Waals surface area contributed by atoms with E-state index in [4.69, 9.17) is 0 Å². The maximum absolute atomic E-state index is 12.3. The summed E-state index contributed by atoms with van der Waals surface area (Å²) in [6.45, 7) is 2.45. The van der Waals surface area contributed by atoms with Gasteiger partial charge in [-0.05, 0) is 37.0 Å². The monoisotopic (exact) mass is 357 g/mol. The molecule has 0 bridgehead atoms. The molecule has 0 saturated heterocycles. The number of nitrogens with one attached hydrogen (secondary N) is 2. The fraction of sp³-hybridized carbons (Fsp3) is 0.444. The SMILES string of the molecule is CCc1ccc(C(=O)NNC(=O)Cn2nc3n(c2=O)CCCCC3)cc1. The summed E-state index contributed by atoms with van der Waals surface area (Å²) in [5.41, 5.74) is 5.99. The third kappa shape index (κ3) is 4.01. The van der Waals surface area contributed by atoms with Crippen LogP contribution in [-0.2, 0) is 30.7 Å². The van der Waals surface area contributed by atoms with Gasteiger partial charge in [-0.15, -0.1) is 0 Å². The number of carbonyl (C=O) groups excluding carboxylic acids is 2. The Morgan fingerprint density at radius 2 is 1.88 bits per heavy atom. The molecule has 2 heterocycles. The van der Waals surface area contributed by atoms with Crippen molar-refractivity contribution in [1.29, 1.82) is 0 Å². The number of amides is 2. The van der Waals surface area contributed by atoms with Crippen molar-refractivity contribution in [3.05, 3.63) is 51.7 Å². The van der Waals surface area contributed by atoms with Gasteiger partial charge in [-0.2, -0.15) is 5.10 Å². The zero-order valence-electron chi connectivity index (χ0n) is 14.8. The van der Waals surface area contributed by atoms with Crippen LogP contribution in [0, 0.1) is 0 Å². The molecule has 0 spiro atoms. The second-order valence-electron chi connectivity index (χ2n) is 6.37. The quantitative estimate of drug-likeness (QED) is 0.791. The third-order valence-corrected chi connectivity index (χ3v) is 4.51. The molecular weight excluding hydrogens is 334 g/mol. The largest absolute Gasteiger partial charge is 0.346 e. The highest BCUT2D eigenvalue weighted by Crippen LogP contribution is 2.10. The topological polar surface area (TPSA) is 98.0 Å². The average molecular weight is 357 g/mol. The minimum absolute atomic E-state index is 0.228. The van der Waals surface area contributed by atoms with Gasteiger partial charge >= 0.3 is 5.69 Å². The molecule has 1 aliphatic heterocycles. The molecular formula is C18H23N5O3. The van der Waals surface area contributed by atoms with Crippen molar-refractivity contribution < 1.29 is 9.59 Å². The first-order valence-electron chi connectivity index (χ1n) is 8.93. The van der Waals surface area contributed by atoms with Crippen molar-refractivity contribution in [3.8, 4) is 0 Å². The van der Waals surface area contributed by atoms with Crippen LogP contribution in [-0.4, -0.2) is 26.2 Å². The first-order valence-corrected chi connectivity index (χ1v) is 8.93. The highest BCUT2D eigenvalue weighted by atomic mass is 16.2. The lowest BCUT2D eigenvalue weighted by Gasteiger charge is -2.07. The number of carbonyl (C=O) groups is 2. The van der Waals surface area contributed by atoms with Crippen molar-refractivity contribution in [2.45, 2.75) is 52.1 Å². The van der Waals surface area contributed by atoms with Crippen LogP contribution >= 0.6 is 0 Å². The summed E-state index contributed by atoms with van der Waals surface area (Å²) in [6.07, 6.45) is 4.65. The molecule has 2 amide bonds.